The van der Waals surface area contributed by atoms with Crippen molar-refractivity contribution in [3.8, 4) is 0 Å². The van der Waals surface area contributed by atoms with Crippen molar-refractivity contribution in [1.29, 1.82) is 0 Å². The summed E-state index contributed by atoms with van der Waals surface area (Å²) in [6, 6.07) is 9.61. The lowest BCUT2D eigenvalue weighted by molar-refractivity contribution is -0.122. The van der Waals surface area contributed by atoms with E-state index < -0.39 is 0 Å². The summed E-state index contributed by atoms with van der Waals surface area (Å²) in [7, 11) is 0. The Labute approximate surface area is 155 Å². The fraction of sp³-hybridized carbons (Fsp3) is 0.579. The summed E-state index contributed by atoms with van der Waals surface area (Å²) in [5.74, 6) is 0.907. The van der Waals surface area contributed by atoms with Gasteiger partial charge in [-0.25, -0.2) is 0 Å². The van der Waals surface area contributed by atoms with Crippen LogP contribution < -0.4 is 10.6 Å². The molecule has 2 amide bonds. The van der Waals surface area contributed by atoms with E-state index in [9.17, 15) is 9.59 Å². The molecule has 2 fully saturated rings. The number of hydrogen-bond donors (Lipinski definition) is 2. The van der Waals surface area contributed by atoms with Crippen LogP contribution in [0.15, 0.2) is 30.3 Å². The van der Waals surface area contributed by atoms with Crippen molar-refractivity contribution in [2.75, 3.05) is 26.2 Å². The summed E-state index contributed by atoms with van der Waals surface area (Å²) in [6.07, 6.45) is 4.47. The maximum absolute atomic E-state index is 12.4. The number of benzene rings is 1. The molecule has 3 rings (SSSR count). The van der Waals surface area contributed by atoms with Crippen LogP contribution in [0.5, 0.6) is 0 Å². The van der Waals surface area contributed by atoms with Crippen LogP contribution in [0.2, 0.25) is 0 Å². The van der Waals surface area contributed by atoms with Gasteiger partial charge in [-0.3, -0.25) is 9.59 Å². The van der Waals surface area contributed by atoms with Gasteiger partial charge in [0, 0.05) is 31.1 Å². The number of nitrogens with one attached hydrogen (secondary N) is 2. The van der Waals surface area contributed by atoms with Gasteiger partial charge in [0.05, 0.1) is 0 Å². The van der Waals surface area contributed by atoms with Crippen LogP contribution in [0.1, 0.15) is 42.5 Å². The Morgan fingerprint density at radius 1 is 1.12 bits per heavy atom. The number of rotatable bonds is 5. The van der Waals surface area contributed by atoms with Gasteiger partial charge in [-0.15, -0.1) is 12.4 Å². The zero-order valence-electron chi connectivity index (χ0n) is 14.6. The third-order valence-corrected chi connectivity index (χ3v) is 5.11. The standard InChI is InChI=1S/C19H27N3O2.ClH/c23-18(7-6-15-8-11-20-14-15)21-17-9-12-22(13-10-17)19(24)16-4-2-1-3-5-16;/h1-5,15,17,20H,6-14H2,(H,21,23);1H. The fourth-order valence-corrected chi connectivity index (χ4v) is 3.59. The van der Waals surface area contributed by atoms with E-state index in [4.69, 9.17) is 0 Å². The van der Waals surface area contributed by atoms with Crippen LogP contribution in [0, 0.1) is 5.92 Å². The second-order valence-electron chi connectivity index (χ2n) is 6.90. The molecule has 2 aliphatic heterocycles. The van der Waals surface area contributed by atoms with E-state index in [0.29, 0.717) is 25.4 Å². The summed E-state index contributed by atoms with van der Waals surface area (Å²) in [5.41, 5.74) is 0.741. The van der Waals surface area contributed by atoms with Crippen molar-refractivity contribution >= 4 is 24.2 Å². The van der Waals surface area contributed by atoms with Crippen molar-refractivity contribution in [2.45, 2.75) is 38.1 Å². The van der Waals surface area contributed by atoms with Gasteiger partial charge in [-0.2, -0.15) is 0 Å². The van der Waals surface area contributed by atoms with Crippen LogP contribution in [-0.4, -0.2) is 48.9 Å². The molecule has 1 aromatic carbocycles. The van der Waals surface area contributed by atoms with Crippen molar-refractivity contribution in [2.24, 2.45) is 5.92 Å². The second-order valence-corrected chi connectivity index (χ2v) is 6.90. The van der Waals surface area contributed by atoms with Gasteiger partial charge in [-0.05, 0) is 56.8 Å². The molecule has 0 radical (unpaired) electrons. The smallest absolute Gasteiger partial charge is 0.253 e. The highest BCUT2D eigenvalue weighted by atomic mass is 35.5. The van der Waals surface area contributed by atoms with Crippen molar-refractivity contribution in [3.63, 3.8) is 0 Å². The van der Waals surface area contributed by atoms with E-state index in [2.05, 4.69) is 10.6 Å². The van der Waals surface area contributed by atoms with Gasteiger partial charge in [0.15, 0.2) is 0 Å². The molecule has 2 N–H and O–H groups in total. The number of amides is 2. The minimum Gasteiger partial charge on any atom is -0.353 e. The second kappa shape index (κ2) is 9.78. The largest absolute Gasteiger partial charge is 0.353 e. The highest BCUT2D eigenvalue weighted by Crippen LogP contribution is 2.16. The fourth-order valence-electron chi connectivity index (χ4n) is 3.59. The Morgan fingerprint density at radius 2 is 1.84 bits per heavy atom. The van der Waals surface area contributed by atoms with Crippen LogP contribution in [0.3, 0.4) is 0 Å². The molecule has 6 heteroatoms. The topological polar surface area (TPSA) is 61.4 Å². The van der Waals surface area contributed by atoms with Crippen LogP contribution in [0.4, 0.5) is 0 Å². The molecular weight excluding hydrogens is 338 g/mol. The Kier molecular flexibility index (Phi) is 7.72. The number of hydrogen-bond acceptors (Lipinski definition) is 3. The molecule has 1 aromatic rings. The highest BCUT2D eigenvalue weighted by molar-refractivity contribution is 5.94. The van der Waals surface area contributed by atoms with E-state index >= 15 is 0 Å². The average molecular weight is 366 g/mol. The average Bonchev–Trinajstić information content (AvgIpc) is 3.14. The molecule has 0 aliphatic carbocycles. The third-order valence-electron chi connectivity index (χ3n) is 5.11. The predicted molar refractivity (Wildman–Crippen MR) is 101 cm³/mol. The summed E-state index contributed by atoms with van der Waals surface area (Å²) >= 11 is 0. The molecule has 0 aromatic heterocycles. The Bertz CT molecular complexity index is 553. The summed E-state index contributed by atoms with van der Waals surface area (Å²) in [4.78, 5) is 26.4. The first kappa shape index (κ1) is 19.7. The van der Waals surface area contributed by atoms with E-state index in [1.807, 2.05) is 35.2 Å². The first-order valence-corrected chi connectivity index (χ1v) is 9.07. The molecule has 1 atom stereocenters. The van der Waals surface area contributed by atoms with Crippen molar-refractivity contribution in [3.05, 3.63) is 35.9 Å². The maximum atomic E-state index is 12.4. The molecule has 2 saturated heterocycles. The molecule has 0 spiro atoms. The molecule has 0 bridgehead atoms. The van der Waals surface area contributed by atoms with Crippen LogP contribution in [-0.2, 0) is 4.79 Å². The van der Waals surface area contributed by atoms with Gasteiger partial charge < -0.3 is 15.5 Å². The van der Waals surface area contributed by atoms with E-state index in [1.165, 1.54) is 6.42 Å². The maximum Gasteiger partial charge on any atom is 0.253 e. The molecule has 2 aliphatic rings. The lowest BCUT2D eigenvalue weighted by Crippen LogP contribution is -2.46. The normalized spacial score (nSPS) is 20.8. The number of halogens is 1. The summed E-state index contributed by atoms with van der Waals surface area (Å²) in [5, 5.41) is 6.48. The van der Waals surface area contributed by atoms with E-state index in [-0.39, 0.29) is 30.3 Å². The lowest BCUT2D eigenvalue weighted by atomic mass is 10.0. The summed E-state index contributed by atoms with van der Waals surface area (Å²) in [6.45, 7) is 3.56. The van der Waals surface area contributed by atoms with Gasteiger partial charge in [0.2, 0.25) is 5.91 Å². The quantitative estimate of drug-likeness (QED) is 0.841. The summed E-state index contributed by atoms with van der Waals surface area (Å²) < 4.78 is 0. The number of carbonyl (C=O) groups excluding carboxylic acids is 2. The Balaban J connectivity index is 0.00000225. The van der Waals surface area contributed by atoms with Crippen molar-refractivity contribution < 1.29 is 9.59 Å². The number of carbonyl (C=O) groups is 2. The van der Waals surface area contributed by atoms with E-state index in [1.54, 1.807) is 0 Å². The number of nitrogens with zero attached hydrogens (tertiary/aromatic N) is 1. The molecule has 2 heterocycles. The van der Waals surface area contributed by atoms with E-state index in [0.717, 1.165) is 37.9 Å². The molecule has 0 saturated carbocycles. The molecular formula is C19H28ClN3O2. The van der Waals surface area contributed by atoms with Gasteiger partial charge in [0.25, 0.3) is 5.91 Å². The molecule has 25 heavy (non-hydrogen) atoms. The SMILES string of the molecule is Cl.O=C(CCC1CCNC1)NC1CCN(C(=O)c2ccccc2)CC1. The van der Waals surface area contributed by atoms with Crippen LogP contribution in [0.25, 0.3) is 0 Å². The van der Waals surface area contributed by atoms with Gasteiger partial charge in [0.1, 0.15) is 0 Å². The first-order chi connectivity index (χ1) is 11.7. The third kappa shape index (κ3) is 5.72. The minimum absolute atomic E-state index is 0. The molecule has 1 unspecified atom stereocenters. The van der Waals surface area contributed by atoms with Gasteiger partial charge in [-0.1, -0.05) is 18.2 Å². The zero-order chi connectivity index (χ0) is 16.8. The van der Waals surface area contributed by atoms with Crippen LogP contribution >= 0.6 is 12.4 Å². The highest BCUT2D eigenvalue weighted by Gasteiger charge is 2.24. The van der Waals surface area contributed by atoms with Gasteiger partial charge >= 0.3 is 0 Å². The lowest BCUT2D eigenvalue weighted by Gasteiger charge is -2.32. The Morgan fingerprint density at radius 3 is 2.48 bits per heavy atom. The number of piperidine rings is 1. The molecule has 5 nitrogen and oxygen atoms in total. The zero-order valence-corrected chi connectivity index (χ0v) is 15.4. The predicted octanol–water partition coefficient (Wildman–Crippen LogP) is 2.22. The Hall–Kier alpha value is -1.59. The molecule has 138 valence electrons. The number of likely N-dealkylation sites (tertiary alicyclic amines) is 1. The first-order valence-electron chi connectivity index (χ1n) is 9.07. The monoisotopic (exact) mass is 365 g/mol. The van der Waals surface area contributed by atoms with Crippen molar-refractivity contribution in [1.82, 2.24) is 15.5 Å². The minimum atomic E-state index is 0.